The maximum Gasteiger partial charge on any atom is 0.237 e. The molecule has 1 amide bonds. The van der Waals surface area contributed by atoms with Crippen LogP contribution in [0.25, 0.3) is 11.4 Å². The molecule has 8 nitrogen and oxygen atoms in total. The van der Waals surface area contributed by atoms with Crippen molar-refractivity contribution >= 4 is 23.4 Å². The zero-order chi connectivity index (χ0) is 18.8. The van der Waals surface area contributed by atoms with Gasteiger partial charge in [-0.15, -0.1) is 10.2 Å². The van der Waals surface area contributed by atoms with E-state index in [0.717, 1.165) is 5.56 Å². The van der Waals surface area contributed by atoms with Crippen molar-refractivity contribution in [3.63, 3.8) is 0 Å². The smallest absolute Gasteiger partial charge is 0.237 e. The molecule has 9 heteroatoms. The van der Waals surface area contributed by atoms with Crippen LogP contribution in [0.15, 0.2) is 47.9 Å². The Labute approximate surface area is 159 Å². The van der Waals surface area contributed by atoms with E-state index in [2.05, 4.69) is 20.5 Å². The summed E-state index contributed by atoms with van der Waals surface area (Å²) in [5, 5.41) is 11.6. The molecule has 1 aromatic carbocycles. The zero-order valence-electron chi connectivity index (χ0n) is 14.7. The Kier molecular flexibility index (Phi) is 4.68. The SMILES string of the molecule is C[C@@H](Sc1nnc(-c2cccnc2)n1C)C(=O)Nc1ccc2c(c1)OCO2. The molecule has 1 atom stereocenters. The number of anilines is 1. The predicted octanol–water partition coefficient (Wildman–Crippen LogP) is 2.73. The second kappa shape index (κ2) is 7.28. The summed E-state index contributed by atoms with van der Waals surface area (Å²) in [5.74, 6) is 1.87. The van der Waals surface area contributed by atoms with Gasteiger partial charge in [0.15, 0.2) is 22.5 Å². The molecule has 0 fully saturated rings. The summed E-state index contributed by atoms with van der Waals surface area (Å²) in [6, 6.07) is 9.07. The number of amides is 1. The monoisotopic (exact) mass is 383 g/mol. The Morgan fingerprint density at radius 3 is 2.93 bits per heavy atom. The van der Waals surface area contributed by atoms with Gasteiger partial charge in [0.05, 0.1) is 5.25 Å². The number of carbonyl (C=O) groups excluding carboxylic acids is 1. The van der Waals surface area contributed by atoms with E-state index in [9.17, 15) is 4.79 Å². The number of carbonyl (C=O) groups is 1. The average molecular weight is 383 g/mol. The maximum absolute atomic E-state index is 12.5. The molecule has 0 saturated carbocycles. The number of ether oxygens (including phenoxy) is 2. The number of thioether (sulfide) groups is 1. The van der Waals surface area contributed by atoms with E-state index in [0.29, 0.717) is 28.2 Å². The van der Waals surface area contributed by atoms with Gasteiger partial charge in [-0.3, -0.25) is 9.78 Å². The van der Waals surface area contributed by atoms with Crippen LogP contribution < -0.4 is 14.8 Å². The summed E-state index contributed by atoms with van der Waals surface area (Å²) >= 11 is 1.34. The van der Waals surface area contributed by atoms with Gasteiger partial charge in [-0.2, -0.15) is 0 Å². The van der Waals surface area contributed by atoms with Gasteiger partial charge in [-0.1, -0.05) is 11.8 Å². The third-order valence-corrected chi connectivity index (χ3v) is 5.18. The quantitative estimate of drug-likeness (QED) is 0.677. The number of nitrogens with one attached hydrogen (secondary N) is 1. The van der Waals surface area contributed by atoms with E-state index in [1.807, 2.05) is 30.7 Å². The fraction of sp³-hybridized carbons (Fsp3) is 0.222. The summed E-state index contributed by atoms with van der Waals surface area (Å²) in [6.07, 6.45) is 3.44. The highest BCUT2D eigenvalue weighted by molar-refractivity contribution is 8.00. The summed E-state index contributed by atoms with van der Waals surface area (Å²) in [7, 11) is 1.87. The largest absolute Gasteiger partial charge is 0.454 e. The van der Waals surface area contributed by atoms with Crippen molar-refractivity contribution in [2.24, 2.45) is 7.05 Å². The van der Waals surface area contributed by atoms with Crippen LogP contribution in [0.4, 0.5) is 5.69 Å². The Morgan fingerprint density at radius 2 is 2.11 bits per heavy atom. The highest BCUT2D eigenvalue weighted by atomic mass is 32.2. The number of rotatable bonds is 5. The first-order valence-corrected chi connectivity index (χ1v) is 9.17. The van der Waals surface area contributed by atoms with E-state index < -0.39 is 0 Å². The normalized spacial score (nSPS) is 13.4. The van der Waals surface area contributed by atoms with Crippen molar-refractivity contribution in [1.82, 2.24) is 19.7 Å². The predicted molar refractivity (Wildman–Crippen MR) is 101 cm³/mol. The molecule has 0 unspecified atom stereocenters. The molecule has 1 aliphatic rings. The van der Waals surface area contributed by atoms with Gasteiger partial charge >= 0.3 is 0 Å². The van der Waals surface area contributed by atoms with Gasteiger partial charge in [0.1, 0.15) is 0 Å². The molecular formula is C18H17N5O3S. The molecule has 0 radical (unpaired) electrons. The molecule has 138 valence electrons. The van der Waals surface area contributed by atoms with E-state index in [1.165, 1.54) is 11.8 Å². The molecule has 1 N–H and O–H groups in total. The van der Waals surface area contributed by atoms with Crippen molar-refractivity contribution in [2.75, 3.05) is 12.1 Å². The van der Waals surface area contributed by atoms with Gasteiger partial charge in [0.2, 0.25) is 12.7 Å². The number of hydrogen-bond acceptors (Lipinski definition) is 7. The molecule has 0 saturated heterocycles. The number of aromatic nitrogens is 4. The molecular weight excluding hydrogens is 366 g/mol. The van der Waals surface area contributed by atoms with Crippen LogP contribution in [0.5, 0.6) is 11.5 Å². The van der Waals surface area contributed by atoms with Gasteiger partial charge < -0.3 is 19.4 Å². The second-order valence-corrected chi connectivity index (χ2v) is 7.23. The first-order chi connectivity index (χ1) is 13.1. The number of nitrogens with zero attached hydrogens (tertiary/aromatic N) is 4. The summed E-state index contributed by atoms with van der Waals surface area (Å²) < 4.78 is 12.5. The van der Waals surface area contributed by atoms with Crippen LogP contribution in [0, 0.1) is 0 Å². The van der Waals surface area contributed by atoms with Crippen LogP contribution in [-0.2, 0) is 11.8 Å². The van der Waals surface area contributed by atoms with Crippen LogP contribution >= 0.6 is 11.8 Å². The van der Waals surface area contributed by atoms with Gasteiger partial charge in [-0.25, -0.2) is 0 Å². The highest BCUT2D eigenvalue weighted by Crippen LogP contribution is 2.34. The molecule has 3 heterocycles. The minimum absolute atomic E-state index is 0.134. The van der Waals surface area contributed by atoms with E-state index in [1.54, 1.807) is 30.6 Å². The third-order valence-electron chi connectivity index (χ3n) is 4.05. The standard InChI is InChI=1S/C18H17N5O3S/c1-11(17(24)20-13-5-6-14-15(8-13)26-10-25-14)27-18-22-21-16(23(18)2)12-4-3-7-19-9-12/h3-9,11H,10H2,1-2H3,(H,20,24)/t11-/m1/s1. The van der Waals surface area contributed by atoms with E-state index in [-0.39, 0.29) is 18.0 Å². The number of hydrogen-bond donors (Lipinski definition) is 1. The summed E-state index contributed by atoms with van der Waals surface area (Å²) in [4.78, 5) is 16.6. The van der Waals surface area contributed by atoms with Crippen LogP contribution in [-0.4, -0.2) is 37.7 Å². The number of benzene rings is 1. The van der Waals surface area contributed by atoms with Crippen molar-refractivity contribution in [3.8, 4) is 22.9 Å². The molecule has 0 aliphatic carbocycles. The third kappa shape index (κ3) is 3.59. The van der Waals surface area contributed by atoms with E-state index in [4.69, 9.17) is 9.47 Å². The van der Waals surface area contributed by atoms with Crippen LogP contribution in [0.1, 0.15) is 6.92 Å². The maximum atomic E-state index is 12.5. The molecule has 0 bridgehead atoms. The minimum Gasteiger partial charge on any atom is -0.454 e. The molecule has 3 aromatic rings. The van der Waals surface area contributed by atoms with E-state index >= 15 is 0 Å². The lowest BCUT2D eigenvalue weighted by Gasteiger charge is -2.12. The first-order valence-electron chi connectivity index (χ1n) is 8.29. The lowest BCUT2D eigenvalue weighted by molar-refractivity contribution is -0.115. The van der Waals surface area contributed by atoms with Crippen molar-refractivity contribution in [2.45, 2.75) is 17.3 Å². The zero-order valence-corrected chi connectivity index (χ0v) is 15.6. The Bertz CT molecular complexity index is 976. The molecule has 2 aromatic heterocycles. The number of fused-ring (bicyclic) bond motifs is 1. The van der Waals surface area contributed by atoms with Gasteiger partial charge in [0.25, 0.3) is 0 Å². The van der Waals surface area contributed by atoms with Crippen LogP contribution in [0.3, 0.4) is 0 Å². The molecule has 1 aliphatic heterocycles. The minimum atomic E-state index is -0.361. The first kappa shape index (κ1) is 17.3. The summed E-state index contributed by atoms with van der Waals surface area (Å²) in [5.41, 5.74) is 1.53. The average Bonchev–Trinajstić information content (AvgIpc) is 3.29. The second-order valence-electron chi connectivity index (χ2n) is 5.92. The fourth-order valence-corrected chi connectivity index (χ4v) is 3.41. The highest BCUT2D eigenvalue weighted by Gasteiger charge is 2.21. The Morgan fingerprint density at radius 1 is 1.26 bits per heavy atom. The Balaban J connectivity index is 1.44. The van der Waals surface area contributed by atoms with Crippen LogP contribution in [0.2, 0.25) is 0 Å². The lowest BCUT2D eigenvalue weighted by Crippen LogP contribution is -2.22. The van der Waals surface area contributed by atoms with Gasteiger partial charge in [0, 0.05) is 36.8 Å². The van der Waals surface area contributed by atoms with Crippen molar-refractivity contribution < 1.29 is 14.3 Å². The van der Waals surface area contributed by atoms with Crippen molar-refractivity contribution in [3.05, 3.63) is 42.7 Å². The van der Waals surface area contributed by atoms with Crippen molar-refractivity contribution in [1.29, 1.82) is 0 Å². The lowest BCUT2D eigenvalue weighted by atomic mass is 10.2. The fourth-order valence-electron chi connectivity index (χ4n) is 2.59. The van der Waals surface area contributed by atoms with Gasteiger partial charge in [-0.05, 0) is 31.2 Å². The number of pyridine rings is 1. The molecule has 0 spiro atoms. The summed E-state index contributed by atoms with van der Waals surface area (Å²) in [6.45, 7) is 2.02. The Hall–Kier alpha value is -3.07. The topological polar surface area (TPSA) is 91.2 Å². The molecule has 27 heavy (non-hydrogen) atoms. The molecule has 4 rings (SSSR count).